The van der Waals surface area contributed by atoms with Crippen LogP contribution < -0.4 is 4.72 Å². The molecule has 128 valence electrons. The lowest BCUT2D eigenvalue weighted by molar-refractivity contribution is 0.443. The van der Waals surface area contributed by atoms with Crippen LogP contribution in [0.15, 0.2) is 29.2 Å². The van der Waals surface area contributed by atoms with Gasteiger partial charge in [-0.05, 0) is 42.9 Å². The molecule has 1 aromatic rings. The first-order chi connectivity index (χ1) is 10.9. The van der Waals surface area contributed by atoms with Crippen LogP contribution in [-0.4, -0.2) is 34.4 Å². The molecule has 1 saturated heterocycles. The Morgan fingerprint density at radius 3 is 2.17 bits per heavy atom. The van der Waals surface area contributed by atoms with E-state index in [9.17, 15) is 16.8 Å². The van der Waals surface area contributed by atoms with Gasteiger partial charge in [-0.2, -0.15) is 0 Å². The SMILES string of the molecule is O=S1(=O)CCC(NS(=O)(=O)c2ccc(C3CCCCC3)cc2)C1. The fraction of sp³-hybridized carbons (Fsp3) is 0.625. The summed E-state index contributed by atoms with van der Waals surface area (Å²) in [5, 5.41) is 0. The number of rotatable bonds is 4. The standard InChI is InChI=1S/C16H23NO4S2/c18-22(19)11-10-15(12-22)17-23(20,21)16-8-6-14(7-9-16)13-4-2-1-3-5-13/h6-9,13,15,17H,1-5,10-12H2. The summed E-state index contributed by atoms with van der Waals surface area (Å²) in [6.07, 6.45) is 6.46. The van der Waals surface area contributed by atoms with E-state index in [0.717, 1.165) is 0 Å². The minimum Gasteiger partial charge on any atom is -0.229 e. The molecule has 3 rings (SSSR count). The van der Waals surface area contributed by atoms with Crippen LogP contribution in [0, 0.1) is 0 Å². The van der Waals surface area contributed by atoms with Gasteiger partial charge in [-0.25, -0.2) is 21.6 Å². The fourth-order valence-electron chi connectivity index (χ4n) is 3.53. The van der Waals surface area contributed by atoms with Gasteiger partial charge >= 0.3 is 0 Å². The maximum Gasteiger partial charge on any atom is 0.240 e. The summed E-state index contributed by atoms with van der Waals surface area (Å²) in [4.78, 5) is 0.210. The van der Waals surface area contributed by atoms with E-state index in [1.807, 2.05) is 12.1 Å². The lowest BCUT2D eigenvalue weighted by Crippen LogP contribution is -2.35. The Kier molecular flexibility index (Phi) is 4.80. The largest absolute Gasteiger partial charge is 0.240 e. The van der Waals surface area contributed by atoms with E-state index in [-0.39, 0.29) is 16.4 Å². The van der Waals surface area contributed by atoms with Crippen molar-refractivity contribution in [1.82, 2.24) is 4.72 Å². The van der Waals surface area contributed by atoms with Crippen molar-refractivity contribution in [3.8, 4) is 0 Å². The molecule has 1 N–H and O–H groups in total. The minimum atomic E-state index is -3.66. The molecule has 7 heteroatoms. The first-order valence-electron chi connectivity index (χ1n) is 8.18. The highest BCUT2D eigenvalue weighted by Crippen LogP contribution is 2.32. The quantitative estimate of drug-likeness (QED) is 0.896. The van der Waals surface area contributed by atoms with Gasteiger partial charge < -0.3 is 0 Å². The van der Waals surface area contributed by atoms with Crippen molar-refractivity contribution in [2.75, 3.05) is 11.5 Å². The minimum absolute atomic E-state index is 0.0564. The second kappa shape index (κ2) is 6.53. The van der Waals surface area contributed by atoms with Gasteiger partial charge in [0.2, 0.25) is 10.0 Å². The zero-order valence-corrected chi connectivity index (χ0v) is 14.7. The Hall–Kier alpha value is -0.920. The molecule has 5 nitrogen and oxygen atoms in total. The Morgan fingerprint density at radius 2 is 1.61 bits per heavy atom. The highest BCUT2D eigenvalue weighted by atomic mass is 32.2. The molecule has 1 aliphatic heterocycles. The predicted octanol–water partition coefficient (Wildman–Crippen LogP) is 2.20. The molecular formula is C16H23NO4S2. The van der Waals surface area contributed by atoms with E-state index in [1.165, 1.54) is 37.7 Å². The van der Waals surface area contributed by atoms with E-state index in [2.05, 4.69) is 4.72 Å². The Bertz CT molecular complexity index is 748. The van der Waals surface area contributed by atoms with Crippen molar-refractivity contribution >= 4 is 19.9 Å². The molecule has 1 unspecified atom stereocenters. The zero-order valence-electron chi connectivity index (χ0n) is 13.1. The third-order valence-corrected chi connectivity index (χ3v) is 8.13. The Balaban J connectivity index is 1.70. The van der Waals surface area contributed by atoms with Gasteiger partial charge in [-0.15, -0.1) is 0 Å². The number of benzene rings is 1. The molecule has 1 saturated carbocycles. The lowest BCUT2D eigenvalue weighted by Gasteiger charge is -2.22. The van der Waals surface area contributed by atoms with Crippen LogP contribution in [0.4, 0.5) is 0 Å². The summed E-state index contributed by atoms with van der Waals surface area (Å²) in [7, 11) is -6.75. The topological polar surface area (TPSA) is 80.3 Å². The van der Waals surface area contributed by atoms with Crippen molar-refractivity contribution in [1.29, 1.82) is 0 Å². The number of sulfonamides is 1. The van der Waals surface area contributed by atoms with Crippen LogP contribution >= 0.6 is 0 Å². The number of sulfone groups is 1. The van der Waals surface area contributed by atoms with Crippen molar-refractivity contribution in [2.24, 2.45) is 0 Å². The second-order valence-corrected chi connectivity index (χ2v) is 10.6. The summed E-state index contributed by atoms with van der Waals surface area (Å²) in [6, 6.07) is 6.56. The molecule has 23 heavy (non-hydrogen) atoms. The van der Waals surface area contributed by atoms with Crippen molar-refractivity contribution in [3.63, 3.8) is 0 Å². The summed E-state index contributed by atoms with van der Waals surface area (Å²) >= 11 is 0. The zero-order chi connectivity index (χ0) is 16.5. The summed E-state index contributed by atoms with van der Waals surface area (Å²) < 4.78 is 50.2. The second-order valence-electron chi connectivity index (χ2n) is 6.63. The number of hydrogen-bond donors (Lipinski definition) is 1. The van der Waals surface area contributed by atoms with Crippen molar-refractivity contribution in [2.45, 2.75) is 55.4 Å². The molecular weight excluding hydrogens is 334 g/mol. The van der Waals surface area contributed by atoms with E-state index in [1.54, 1.807) is 12.1 Å². The predicted molar refractivity (Wildman–Crippen MR) is 89.6 cm³/mol. The number of hydrogen-bond acceptors (Lipinski definition) is 4. The molecule has 1 aliphatic carbocycles. The van der Waals surface area contributed by atoms with Crippen LogP contribution in [0.3, 0.4) is 0 Å². The molecule has 0 aromatic heterocycles. The Morgan fingerprint density at radius 1 is 0.957 bits per heavy atom. The average Bonchev–Trinajstić information content (AvgIpc) is 2.86. The summed E-state index contributed by atoms with van der Waals surface area (Å²) in [5.74, 6) is 0.487. The molecule has 1 atom stereocenters. The highest BCUT2D eigenvalue weighted by Gasteiger charge is 2.31. The van der Waals surface area contributed by atoms with Gasteiger partial charge in [0, 0.05) is 6.04 Å². The lowest BCUT2D eigenvalue weighted by atomic mass is 9.84. The first-order valence-corrected chi connectivity index (χ1v) is 11.5. The third-order valence-electron chi connectivity index (χ3n) is 4.82. The summed E-state index contributed by atoms with van der Waals surface area (Å²) in [5.41, 5.74) is 1.20. The molecule has 1 aromatic carbocycles. The van der Waals surface area contributed by atoms with Gasteiger partial charge in [0.15, 0.2) is 9.84 Å². The fourth-order valence-corrected chi connectivity index (χ4v) is 6.58. The molecule has 1 heterocycles. The molecule has 0 bridgehead atoms. The molecule has 0 spiro atoms. The molecule has 2 fully saturated rings. The van der Waals surface area contributed by atoms with Crippen LogP contribution in [-0.2, 0) is 19.9 Å². The molecule has 2 aliphatic rings. The van der Waals surface area contributed by atoms with E-state index in [0.29, 0.717) is 12.3 Å². The summed E-state index contributed by atoms with van der Waals surface area (Å²) in [6.45, 7) is 0. The van der Waals surface area contributed by atoms with Gasteiger partial charge in [0.1, 0.15) is 0 Å². The van der Waals surface area contributed by atoms with Gasteiger partial charge in [0.25, 0.3) is 0 Å². The van der Waals surface area contributed by atoms with E-state index >= 15 is 0 Å². The molecule has 0 amide bonds. The van der Waals surface area contributed by atoms with Crippen LogP contribution in [0.2, 0.25) is 0 Å². The monoisotopic (exact) mass is 357 g/mol. The van der Waals surface area contributed by atoms with Gasteiger partial charge in [-0.1, -0.05) is 31.4 Å². The smallest absolute Gasteiger partial charge is 0.229 e. The highest BCUT2D eigenvalue weighted by molar-refractivity contribution is 7.92. The van der Waals surface area contributed by atoms with Crippen molar-refractivity contribution < 1.29 is 16.8 Å². The Labute approximate surface area is 138 Å². The molecule has 0 radical (unpaired) electrons. The van der Waals surface area contributed by atoms with Crippen LogP contribution in [0.25, 0.3) is 0 Å². The van der Waals surface area contributed by atoms with Crippen LogP contribution in [0.1, 0.15) is 50.0 Å². The van der Waals surface area contributed by atoms with Crippen molar-refractivity contribution in [3.05, 3.63) is 29.8 Å². The van der Waals surface area contributed by atoms with Crippen LogP contribution in [0.5, 0.6) is 0 Å². The first kappa shape index (κ1) is 16.9. The van der Waals surface area contributed by atoms with Gasteiger partial charge in [-0.3, -0.25) is 0 Å². The van der Waals surface area contributed by atoms with E-state index < -0.39 is 25.9 Å². The normalized spacial score (nSPS) is 25.5. The van der Waals surface area contributed by atoms with Gasteiger partial charge in [0.05, 0.1) is 16.4 Å². The number of nitrogens with one attached hydrogen (secondary N) is 1. The average molecular weight is 357 g/mol. The third kappa shape index (κ3) is 4.14. The van der Waals surface area contributed by atoms with E-state index in [4.69, 9.17) is 0 Å². The maximum atomic E-state index is 12.4. The maximum absolute atomic E-state index is 12.4.